The van der Waals surface area contributed by atoms with Crippen molar-refractivity contribution in [2.24, 2.45) is 5.41 Å². The lowest BCUT2D eigenvalue weighted by Gasteiger charge is -2.41. The van der Waals surface area contributed by atoms with Gasteiger partial charge in [-0.3, -0.25) is 4.79 Å². The lowest BCUT2D eigenvalue weighted by Crippen LogP contribution is -2.47. The minimum atomic E-state index is -1.01. The Morgan fingerprint density at radius 3 is 2.48 bits per heavy atom. The lowest BCUT2D eigenvalue weighted by molar-refractivity contribution is -0.139. The fourth-order valence-corrected chi connectivity index (χ4v) is 3.04. The van der Waals surface area contributed by atoms with Gasteiger partial charge in [-0.1, -0.05) is 18.6 Å². The van der Waals surface area contributed by atoms with Gasteiger partial charge in [-0.05, 0) is 50.8 Å². The Kier molecular flexibility index (Phi) is 6.82. The number of rotatable bonds is 10. The van der Waals surface area contributed by atoms with E-state index in [1.54, 1.807) is 12.1 Å². The smallest absolute Gasteiger partial charge is 0.341 e. The molecule has 25 heavy (non-hydrogen) atoms. The van der Waals surface area contributed by atoms with E-state index in [1.807, 2.05) is 26.0 Å². The van der Waals surface area contributed by atoms with Crippen molar-refractivity contribution >= 4 is 11.9 Å². The van der Waals surface area contributed by atoms with Gasteiger partial charge < -0.3 is 19.9 Å². The van der Waals surface area contributed by atoms with Gasteiger partial charge >= 0.3 is 5.97 Å². The van der Waals surface area contributed by atoms with Crippen molar-refractivity contribution in [2.45, 2.75) is 45.6 Å². The number of hydrogen-bond donors (Lipinski definition) is 2. The van der Waals surface area contributed by atoms with Crippen LogP contribution >= 0.6 is 0 Å². The predicted octanol–water partition coefficient (Wildman–Crippen LogP) is 2.92. The fraction of sp³-hybridized carbons (Fsp3) is 0.579. The Hall–Kier alpha value is -2.08. The maximum atomic E-state index is 12.7. The van der Waals surface area contributed by atoms with E-state index in [-0.39, 0.29) is 24.0 Å². The molecule has 0 saturated heterocycles. The molecule has 0 radical (unpaired) electrons. The van der Waals surface area contributed by atoms with E-state index >= 15 is 0 Å². The van der Waals surface area contributed by atoms with Crippen LogP contribution in [-0.2, 0) is 14.3 Å². The van der Waals surface area contributed by atoms with Gasteiger partial charge in [-0.15, -0.1) is 0 Å². The standard InChI is InChI=1S/C19H27NO5/c1-3-24-12-11-19(9-4-10-19)18(23)20-14(2)15-5-7-16(8-6-15)25-13-17(21)22/h5-8,14H,3-4,9-13H2,1-2H3,(H,20,23)(H,21,22). The highest BCUT2D eigenvalue weighted by Crippen LogP contribution is 2.44. The number of hydrogen-bond acceptors (Lipinski definition) is 4. The van der Waals surface area contributed by atoms with Crippen LogP contribution in [0.15, 0.2) is 24.3 Å². The molecule has 1 aromatic carbocycles. The van der Waals surface area contributed by atoms with Gasteiger partial charge in [0, 0.05) is 13.2 Å². The molecule has 6 heteroatoms. The molecule has 1 aromatic rings. The van der Waals surface area contributed by atoms with Crippen LogP contribution in [-0.4, -0.2) is 36.8 Å². The summed E-state index contributed by atoms with van der Waals surface area (Å²) in [6.45, 7) is 4.83. The maximum absolute atomic E-state index is 12.7. The molecule has 0 heterocycles. The molecule has 2 N–H and O–H groups in total. The molecule has 1 fully saturated rings. The largest absolute Gasteiger partial charge is 0.482 e. The highest BCUT2D eigenvalue weighted by atomic mass is 16.5. The monoisotopic (exact) mass is 349 g/mol. The molecule has 0 aromatic heterocycles. The molecule has 0 bridgehead atoms. The highest BCUT2D eigenvalue weighted by molar-refractivity contribution is 5.83. The number of carbonyl (C=O) groups excluding carboxylic acids is 1. The molecule has 0 spiro atoms. The van der Waals surface area contributed by atoms with Crippen LogP contribution in [0.5, 0.6) is 5.75 Å². The van der Waals surface area contributed by atoms with Gasteiger partial charge in [0.15, 0.2) is 6.61 Å². The number of amides is 1. The third-order valence-electron chi connectivity index (χ3n) is 4.81. The first-order valence-corrected chi connectivity index (χ1v) is 8.80. The molecule has 1 aliphatic rings. The summed E-state index contributed by atoms with van der Waals surface area (Å²) in [5.41, 5.74) is 0.670. The Morgan fingerprint density at radius 2 is 1.96 bits per heavy atom. The minimum absolute atomic E-state index is 0.0946. The summed E-state index contributed by atoms with van der Waals surface area (Å²) in [5.74, 6) is -0.420. The molecule has 1 unspecified atom stereocenters. The van der Waals surface area contributed by atoms with Crippen molar-refractivity contribution in [3.8, 4) is 5.75 Å². The van der Waals surface area contributed by atoms with E-state index in [4.69, 9.17) is 14.6 Å². The van der Waals surface area contributed by atoms with E-state index in [0.29, 0.717) is 19.0 Å². The van der Waals surface area contributed by atoms with Crippen LogP contribution in [0.25, 0.3) is 0 Å². The number of benzene rings is 1. The SMILES string of the molecule is CCOCCC1(C(=O)NC(C)c2ccc(OCC(=O)O)cc2)CCC1. The predicted molar refractivity (Wildman–Crippen MR) is 93.5 cm³/mol. The van der Waals surface area contributed by atoms with Gasteiger partial charge in [-0.25, -0.2) is 4.79 Å². The first kappa shape index (κ1) is 19.2. The zero-order valence-corrected chi connectivity index (χ0v) is 14.9. The van der Waals surface area contributed by atoms with Crippen LogP contribution in [0.2, 0.25) is 0 Å². The summed E-state index contributed by atoms with van der Waals surface area (Å²) >= 11 is 0. The average Bonchev–Trinajstić information content (AvgIpc) is 2.55. The maximum Gasteiger partial charge on any atom is 0.341 e. The minimum Gasteiger partial charge on any atom is -0.482 e. The third-order valence-corrected chi connectivity index (χ3v) is 4.81. The fourth-order valence-electron chi connectivity index (χ4n) is 3.04. The van der Waals surface area contributed by atoms with E-state index in [9.17, 15) is 9.59 Å². The zero-order valence-electron chi connectivity index (χ0n) is 14.9. The lowest BCUT2D eigenvalue weighted by atomic mass is 9.66. The van der Waals surface area contributed by atoms with E-state index in [1.165, 1.54) is 0 Å². The Morgan fingerprint density at radius 1 is 1.28 bits per heavy atom. The van der Waals surface area contributed by atoms with E-state index < -0.39 is 5.97 Å². The van der Waals surface area contributed by atoms with Crippen molar-refractivity contribution in [1.29, 1.82) is 0 Å². The second-order valence-corrected chi connectivity index (χ2v) is 6.53. The van der Waals surface area contributed by atoms with E-state index in [2.05, 4.69) is 5.32 Å². The Bertz CT molecular complexity index is 580. The molecule has 1 saturated carbocycles. The van der Waals surface area contributed by atoms with Gasteiger partial charge in [0.1, 0.15) is 5.75 Å². The number of nitrogens with one attached hydrogen (secondary N) is 1. The van der Waals surface area contributed by atoms with Crippen molar-refractivity contribution in [3.05, 3.63) is 29.8 Å². The number of carbonyl (C=O) groups is 2. The molecule has 1 atom stereocenters. The average molecular weight is 349 g/mol. The van der Waals surface area contributed by atoms with Crippen molar-refractivity contribution in [1.82, 2.24) is 5.32 Å². The Balaban J connectivity index is 1.90. The van der Waals surface area contributed by atoms with Crippen LogP contribution in [0.4, 0.5) is 0 Å². The summed E-state index contributed by atoms with van der Waals surface area (Å²) in [6.07, 6.45) is 3.69. The molecule has 0 aliphatic heterocycles. The normalized spacial score (nSPS) is 16.6. The summed E-state index contributed by atoms with van der Waals surface area (Å²) in [7, 11) is 0. The van der Waals surface area contributed by atoms with Crippen LogP contribution in [0.3, 0.4) is 0 Å². The number of ether oxygens (including phenoxy) is 2. The van der Waals surface area contributed by atoms with Crippen LogP contribution in [0.1, 0.15) is 51.1 Å². The van der Waals surface area contributed by atoms with Crippen molar-refractivity contribution in [2.75, 3.05) is 19.8 Å². The first-order chi connectivity index (χ1) is 12.0. The van der Waals surface area contributed by atoms with Crippen LogP contribution < -0.4 is 10.1 Å². The summed E-state index contributed by atoms with van der Waals surface area (Å²) in [6, 6.07) is 7.00. The second-order valence-electron chi connectivity index (χ2n) is 6.53. The zero-order chi connectivity index (χ0) is 18.3. The molecule has 6 nitrogen and oxygen atoms in total. The topological polar surface area (TPSA) is 84.9 Å². The molecule has 138 valence electrons. The third kappa shape index (κ3) is 5.19. The summed E-state index contributed by atoms with van der Waals surface area (Å²) in [5, 5.41) is 11.7. The highest BCUT2D eigenvalue weighted by Gasteiger charge is 2.43. The first-order valence-electron chi connectivity index (χ1n) is 8.80. The van der Waals surface area contributed by atoms with Crippen molar-refractivity contribution in [3.63, 3.8) is 0 Å². The molecule has 1 aliphatic carbocycles. The van der Waals surface area contributed by atoms with Crippen molar-refractivity contribution < 1.29 is 24.2 Å². The second kappa shape index (κ2) is 8.85. The molecule has 2 rings (SSSR count). The quantitative estimate of drug-likeness (QED) is 0.635. The van der Waals surface area contributed by atoms with E-state index in [0.717, 1.165) is 31.2 Å². The van der Waals surface area contributed by atoms with Gasteiger partial charge in [0.05, 0.1) is 11.5 Å². The van der Waals surface area contributed by atoms with Gasteiger partial charge in [0.25, 0.3) is 0 Å². The molecule has 1 amide bonds. The Labute approximate surface area is 148 Å². The molecular formula is C19H27NO5. The summed E-state index contributed by atoms with van der Waals surface area (Å²) in [4.78, 5) is 23.2. The van der Waals surface area contributed by atoms with Crippen LogP contribution in [0, 0.1) is 5.41 Å². The number of carboxylic acid groups (broad SMARTS) is 1. The van der Waals surface area contributed by atoms with Gasteiger partial charge in [-0.2, -0.15) is 0 Å². The summed E-state index contributed by atoms with van der Waals surface area (Å²) < 4.78 is 10.5. The molecular weight excluding hydrogens is 322 g/mol. The number of aliphatic carboxylic acids is 1. The number of carboxylic acids is 1. The van der Waals surface area contributed by atoms with Gasteiger partial charge in [0.2, 0.25) is 5.91 Å².